The minimum atomic E-state index is -0.605. The molecule has 2 nitrogen and oxygen atoms in total. The summed E-state index contributed by atoms with van der Waals surface area (Å²) in [5, 5.41) is 22.0. The monoisotopic (exact) mass is 428 g/mol. The van der Waals surface area contributed by atoms with Crippen molar-refractivity contribution in [3.05, 3.63) is 89.8 Å². The van der Waals surface area contributed by atoms with E-state index in [0.717, 1.165) is 42.3 Å². The van der Waals surface area contributed by atoms with E-state index in [4.69, 9.17) is 0 Å². The number of aryl methyl sites for hydroxylation is 6. The summed E-state index contributed by atoms with van der Waals surface area (Å²) in [5.41, 5.74) is 8.91. The molecule has 2 aromatic carbocycles. The van der Waals surface area contributed by atoms with Gasteiger partial charge in [0.15, 0.2) is 0 Å². The second kappa shape index (κ2) is 7.77. The van der Waals surface area contributed by atoms with E-state index in [-0.39, 0.29) is 14.5 Å². The predicted octanol–water partition coefficient (Wildman–Crippen LogP) is 4.76. The second-order valence-electron chi connectivity index (χ2n) is 7.67. The van der Waals surface area contributed by atoms with Crippen molar-refractivity contribution in [2.75, 3.05) is 0 Å². The molecule has 3 rings (SSSR count). The molecule has 0 aliphatic rings. The molecule has 142 valence electrons. The summed E-state index contributed by atoms with van der Waals surface area (Å²) in [6.45, 7) is 12.4. The quantitative estimate of drug-likeness (QED) is 0.590. The molecule has 1 heterocycles. The van der Waals surface area contributed by atoms with E-state index < -0.39 is 12.2 Å². The molecular formula is C24H28O2Se. The zero-order chi connectivity index (χ0) is 19.9. The Morgan fingerprint density at radius 1 is 0.593 bits per heavy atom. The van der Waals surface area contributed by atoms with Crippen LogP contribution in [0.4, 0.5) is 0 Å². The molecule has 0 radical (unpaired) electrons. The molecule has 2 N–H and O–H groups in total. The summed E-state index contributed by atoms with van der Waals surface area (Å²) in [5.74, 6) is 0. The first kappa shape index (κ1) is 20.1. The van der Waals surface area contributed by atoms with Crippen LogP contribution in [-0.4, -0.2) is 24.7 Å². The van der Waals surface area contributed by atoms with Crippen LogP contribution in [0.2, 0.25) is 0 Å². The molecule has 27 heavy (non-hydrogen) atoms. The Balaban J connectivity index is 1.96. The van der Waals surface area contributed by atoms with Gasteiger partial charge in [-0.05, 0) is 0 Å². The SMILES string of the molecule is Cc1cc(C)c(C(O)c2ccc(C(O)c3c(C)cc(C)cc3C)[se]2)c(C)c1. The third-order valence-corrected chi connectivity index (χ3v) is 7.71. The summed E-state index contributed by atoms with van der Waals surface area (Å²) >= 11 is -0.0631. The summed E-state index contributed by atoms with van der Waals surface area (Å²) in [6, 6.07) is 12.5. The molecule has 2 atom stereocenters. The van der Waals surface area contributed by atoms with Gasteiger partial charge in [0, 0.05) is 0 Å². The van der Waals surface area contributed by atoms with Gasteiger partial charge in [-0.2, -0.15) is 0 Å². The van der Waals surface area contributed by atoms with Gasteiger partial charge in [-0.25, -0.2) is 0 Å². The molecule has 0 amide bonds. The Labute approximate surface area is 168 Å². The van der Waals surface area contributed by atoms with Crippen LogP contribution >= 0.6 is 0 Å². The predicted molar refractivity (Wildman–Crippen MR) is 113 cm³/mol. The molecule has 0 saturated heterocycles. The topological polar surface area (TPSA) is 40.5 Å². The van der Waals surface area contributed by atoms with Crippen molar-refractivity contribution in [3.63, 3.8) is 0 Å². The maximum atomic E-state index is 11.0. The molecular weight excluding hydrogens is 399 g/mol. The number of aliphatic hydroxyl groups is 2. The fourth-order valence-electron chi connectivity index (χ4n) is 4.19. The van der Waals surface area contributed by atoms with Crippen LogP contribution in [0.3, 0.4) is 0 Å². The van der Waals surface area contributed by atoms with Gasteiger partial charge < -0.3 is 0 Å². The van der Waals surface area contributed by atoms with Gasteiger partial charge in [0.25, 0.3) is 0 Å². The number of hydrogen-bond acceptors (Lipinski definition) is 2. The zero-order valence-corrected chi connectivity index (χ0v) is 18.6. The first-order valence-electron chi connectivity index (χ1n) is 9.30. The van der Waals surface area contributed by atoms with Gasteiger partial charge in [0.1, 0.15) is 0 Å². The molecule has 0 fully saturated rings. The number of aliphatic hydroxyl groups excluding tert-OH is 2. The molecule has 1 aromatic heterocycles. The first-order chi connectivity index (χ1) is 12.7. The summed E-state index contributed by atoms with van der Waals surface area (Å²) < 4.78 is 2.02. The Morgan fingerprint density at radius 2 is 0.889 bits per heavy atom. The van der Waals surface area contributed by atoms with Crippen molar-refractivity contribution >= 4 is 14.5 Å². The average molecular weight is 427 g/mol. The molecule has 0 aliphatic carbocycles. The van der Waals surface area contributed by atoms with E-state index in [0.29, 0.717) is 0 Å². The van der Waals surface area contributed by atoms with E-state index in [2.05, 4.69) is 65.8 Å². The molecule has 3 aromatic rings. The van der Waals surface area contributed by atoms with Gasteiger partial charge in [0.05, 0.1) is 0 Å². The van der Waals surface area contributed by atoms with Crippen LogP contribution in [0.5, 0.6) is 0 Å². The zero-order valence-electron chi connectivity index (χ0n) is 16.9. The van der Waals surface area contributed by atoms with E-state index >= 15 is 0 Å². The van der Waals surface area contributed by atoms with Crippen molar-refractivity contribution in [1.82, 2.24) is 0 Å². The summed E-state index contributed by atoms with van der Waals surface area (Å²) in [4.78, 5) is 0. The van der Waals surface area contributed by atoms with Crippen LogP contribution in [0.25, 0.3) is 0 Å². The molecule has 0 saturated carbocycles. The fourth-order valence-corrected chi connectivity index (χ4v) is 6.30. The second-order valence-corrected chi connectivity index (χ2v) is 10.1. The average Bonchev–Trinajstić information content (AvgIpc) is 3.02. The fraction of sp³-hybridized carbons (Fsp3) is 0.333. The Bertz CT molecular complexity index is 860. The third kappa shape index (κ3) is 3.97. The van der Waals surface area contributed by atoms with Crippen LogP contribution < -0.4 is 0 Å². The Morgan fingerprint density at radius 3 is 1.19 bits per heavy atom. The standard InChI is InChI=1S/C24H28O2Se/c1-13-9-15(3)21(16(4)10-13)23(25)19-7-8-20(27-19)24(26)22-17(5)11-14(2)12-18(22)6/h7-12,23-26H,1-6H3. The third-order valence-electron chi connectivity index (χ3n) is 5.21. The minimum absolute atomic E-state index is 0.0631. The van der Waals surface area contributed by atoms with Gasteiger partial charge >= 0.3 is 168 Å². The van der Waals surface area contributed by atoms with Crippen molar-refractivity contribution in [3.8, 4) is 0 Å². The van der Waals surface area contributed by atoms with Crippen molar-refractivity contribution in [2.45, 2.75) is 53.8 Å². The van der Waals surface area contributed by atoms with Crippen LogP contribution in [0, 0.1) is 41.5 Å². The van der Waals surface area contributed by atoms with Crippen molar-refractivity contribution in [1.29, 1.82) is 0 Å². The summed E-state index contributed by atoms with van der Waals surface area (Å²) in [6.07, 6.45) is -1.21. The molecule has 2 unspecified atom stereocenters. The van der Waals surface area contributed by atoms with Crippen LogP contribution in [-0.2, 0) is 0 Å². The van der Waals surface area contributed by atoms with Crippen molar-refractivity contribution in [2.24, 2.45) is 0 Å². The first-order valence-corrected chi connectivity index (χ1v) is 11.0. The number of rotatable bonds is 4. The van der Waals surface area contributed by atoms with E-state index in [9.17, 15) is 10.2 Å². The Hall–Kier alpha value is -1.64. The van der Waals surface area contributed by atoms with Crippen LogP contribution in [0.15, 0.2) is 36.4 Å². The molecule has 0 bridgehead atoms. The van der Waals surface area contributed by atoms with Crippen LogP contribution in [0.1, 0.15) is 65.6 Å². The molecule has 0 spiro atoms. The normalized spacial score (nSPS) is 13.6. The van der Waals surface area contributed by atoms with Gasteiger partial charge in [-0.15, -0.1) is 0 Å². The van der Waals surface area contributed by atoms with Gasteiger partial charge in [-0.1, -0.05) is 0 Å². The molecule has 0 aliphatic heterocycles. The van der Waals surface area contributed by atoms with Crippen molar-refractivity contribution < 1.29 is 10.2 Å². The van der Waals surface area contributed by atoms with Gasteiger partial charge in [0.2, 0.25) is 0 Å². The van der Waals surface area contributed by atoms with Gasteiger partial charge in [-0.3, -0.25) is 0 Å². The maximum absolute atomic E-state index is 11.0. The molecule has 3 heteroatoms. The number of benzene rings is 2. The number of hydrogen-bond donors (Lipinski definition) is 2. The summed E-state index contributed by atoms with van der Waals surface area (Å²) in [7, 11) is 0. The Kier molecular flexibility index (Phi) is 5.79. The van der Waals surface area contributed by atoms with E-state index in [1.807, 2.05) is 12.1 Å². The van der Waals surface area contributed by atoms with E-state index in [1.54, 1.807) is 0 Å². The van der Waals surface area contributed by atoms with E-state index in [1.165, 1.54) is 11.1 Å².